The first-order chi connectivity index (χ1) is 29.0. The summed E-state index contributed by atoms with van der Waals surface area (Å²) in [6.45, 7) is 7.98. The normalized spacial score (nSPS) is 13.9. The summed E-state index contributed by atoms with van der Waals surface area (Å²) in [5.41, 5.74) is 3.60. The highest BCUT2D eigenvalue weighted by atomic mass is 32.1. The first-order valence-electron chi connectivity index (χ1n) is 19.4. The Morgan fingerprint density at radius 2 is 0.817 bits per heavy atom. The van der Waals surface area contributed by atoms with Crippen LogP contribution in [-0.2, 0) is 19.2 Å². The van der Waals surface area contributed by atoms with Gasteiger partial charge in [-0.15, -0.1) is 22.7 Å². The average molecular weight is 853 g/mol. The minimum absolute atomic E-state index is 0.0618. The van der Waals surface area contributed by atoms with E-state index in [2.05, 4.69) is 58.3 Å². The highest BCUT2D eigenvalue weighted by molar-refractivity contribution is 7.23. The van der Waals surface area contributed by atoms with Crippen molar-refractivity contribution in [3.8, 4) is 32.4 Å². The number of carboxylic acid groups (broad SMARTS) is 4. The fourth-order valence-electron chi connectivity index (χ4n) is 7.08. The van der Waals surface area contributed by atoms with Crippen molar-refractivity contribution in [1.29, 1.82) is 0 Å². The molecule has 0 aliphatic carbocycles. The molecule has 0 saturated carbocycles. The Morgan fingerprint density at radius 1 is 0.483 bits per heavy atom. The van der Waals surface area contributed by atoms with Crippen LogP contribution < -0.4 is 9.47 Å². The van der Waals surface area contributed by atoms with Gasteiger partial charge in [-0.3, -0.25) is 14.6 Å². The molecule has 6 aromatic rings. The number of rotatable bonds is 12. The number of carboxylic acids is 4. The highest BCUT2D eigenvalue weighted by Gasteiger charge is 2.27. The van der Waals surface area contributed by atoms with Gasteiger partial charge in [0, 0.05) is 54.1 Å². The number of hydrogen-bond acceptors (Lipinski definition) is 11. The molecule has 0 unspecified atom stereocenters. The maximum atomic E-state index is 15.0. The fourth-order valence-corrected chi connectivity index (χ4v) is 9.49. The number of nitrogens with zero attached hydrogens (tertiary/aromatic N) is 2. The van der Waals surface area contributed by atoms with Crippen LogP contribution in [0.1, 0.15) is 41.6 Å². The molecule has 4 N–H and O–H groups in total. The monoisotopic (exact) mass is 852 g/mol. The number of aliphatic carboxylic acids is 4. The molecule has 15 heteroatoms. The van der Waals surface area contributed by atoms with Gasteiger partial charge in [0.15, 0.2) is 5.78 Å². The van der Waals surface area contributed by atoms with Crippen LogP contribution in [0.2, 0.25) is 0 Å². The summed E-state index contributed by atoms with van der Waals surface area (Å²) in [6.07, 6.45) is 5.14. The number of fused-ring (bicyclic) bond motifs is 2. The van der Waals surface area contributed by atoms with Crippen LogP contribution in [0.3, 0.4) is 0 Å². The molecule has 2 saturated heterocycles. The topological polar surface area (TPSA) is 191 Å². The van der Waals surface area contributed by atoms with Crippen LogP contribution >= 0.6 is 22.7 Å². The number of likely N-dealkylation sites (tertiary alicyclic amines) is 2. The van der Waals surface area contributed by atoms with Crippen LogP contribution in [0.5, 0.6) is 11.5 Å². The largest absolute Gasteiger partial charge is 0.492 e. The number of carbonyl (C=O) groups is 5. The standard InChI is InChI=1S/C41H40N2O3S2.2C2H2O4/c44-39(37-33-9-1-3-11-35(33)47-40(37)29-13-17-31(18-14-29)45-27-25-42-21-5-6-22-42)38-34-10-2-4-12-36(34)48-41(38)30-15-19-32(20-16-30)46-28-26-43-23-7-8-24-43;2*3-1(4)2(5)6/h1-4,9-20H,5-8,21-28H2;2*(H,3,4)(H,5,6). The van der Waals surface area contributed by atoms with Gasteiger partial charge in [-0.05, 0) is 124 Å². The van der Waals surface area contributed by atoms with E-state index in [9.17, 15) is 0 Å². The molecular weight excluding hydrogens is 809 g/mol. The predicted octanol–water partition coefficient (Wildman–Crippen LogP) is 7.94. The summed E-state index contributed by atoms with van der Waals surface area (Å²) in [4.78, 5) is 58.3. The number of thiophene rings is 2. The second kappa shape index (κ2) is 20.7. The maximum Gasteiger partial charge on any atom is 0.414 e. The minimum Gasteiger partial charge on any atom is -0.492 e. The molecule has 312 valence electrons. The molecule has 8 rings (SSSR count). The molecule has 60 heavy (non-hydrogen) atoms. The first kappa shape index (κ1) is 43.4. The Balaban J connectivity index is 0.000000443. The van der Waals surface area contributed by atoms with E-state index in [0.717, 1.165) is 76.8 Å². The van der Waals surface area contributed by atoms with E-state index < -0.39 is 23.9 Å². The Morgan fingerprint density at radius 3 is 1.15 bits per heavy atom. The lowest BCUT2D eigenvalue weighted by Gasteiger charge is -2.15. The Bertz CT molecular complexity index is 2250. The molecule has 2 aliphatic rings. The zero-order valence-corrected chi connectivity index (χ0v) is 34.2. The quantitative estimate of drug-likeness (QED) is 0.0686. The van der Waals surface area contributed by atoms with E-state index in [1.807, 2.05) is 48.5 Å². The van der Waals surface area contributed by atoms with Crippen molar-refractivity contribution < 1.29 is 53.9 Å². The Kier molecular flexibility index (Phi) is 15.0. The van der Waals surface area contributed by atoms with Crippen molar-refractivity contribution >= 4 is 72.5 Å². The molecular formula is C45H44N2O11S2. The smallest absolute Gasteiger partial charge is 0.414 e. The molecule has 13 nitrogen and oxygen atoms in total. The van der Waals surface area contributed by atoms with Crippen LogP contribution in [0, 0.1) is 0 Å². The zero-order valence-electron chi connectivity index (χ0n) is 32.6. The summed E-state index contributed by atoms with van der Waals surface area (Å²) in [5, 5.41) is 31.6. The van der Waals surface area contributed by atoms with E-state index in [-0.39, 0.29) is 5.78 Å². The van der Waals surface area contributed by atoms with Gasteiger partial charge in [0.2, 0.25) is 0 Å². The van der Waals surface area contributed by atoms with Crippen molar-refractivity contribution in [2.24, 2.45) is 0 Å². The predicted molar refractivity (Wildman–Crippen MR) is 231 cm³/mol. The Labute approximate surface area is 353 Å². The number of hydrogen-bond donors (Lipinski definition) is 4. The summed E-state index contributed by atoms with van der Waals surface area (Å²) in [7, 11) is 0. The highest BCUT2D eigenvalue weighted by Crippen LogP contribution is 2.45. The van der Waals surface area contributed by atoms with E-state index >= 15 is 4.79 Å². The van der Waals surface area contributed by atoms with Gasteiger partial charge < -0.3 is 29.9 Å². The molecule has 4 aromatic carbocycles. The van der Waals surface area contributed by atoms with Gasteiger partial charge in [0.25, 0.3) is 0 Å². The number of carbonyl (C=O) groups excluding carboxylic acids is 1. The lowest BCUT2D eigenvalue weighted by molar-refractivity contribution is -0.159. The molecule has 0 bridgehead atoms. The maximum absolute atomic E-state index is 15.0. The lowest BCUT2D eigenvalue weighted by Crippen LogP contribution is -2.25. The van der Waals surface area contributed by atoms with Crippen LogP contribution in [0.4, 0.5) is 0 Å². The molecule has 2 aliphatic heterocycles. The van der Waals surface area contributed by atoms with Gasteiger partial charge in [0.05, 0.1) is 0 Å². The van der Waals surface area contributed by atoms with Crippen molar-refractivity contribution in [2.75, 3.05) is 52.5 Å². The molecule has 0 amide bonds. The SMILES string of the molecule is O=C(O)C(=O)O.O=C(O)C(=O)O.O=C(c1c(-c2ccc(OCCN3CCCC3)cc2)sc2ccccc12)c1c(-c2ccc(OCCN3CCCC3)cc2)sc2ccccc12. The van der Waals surface area contributed by atoms with Crippen molar-refractivity contribution in [2.45, 2.75) is 25.7 Å². The molecule has 4 heterocycles. The van der Waals surface area contributed by atoms with Gasteiger partial charge >= 0.3 is 23.9 Å². The van der Waals surface area contributed by atoms with Crippen LogP contribution in [0.15, 0.2) is 97.1 Å². The number of ketones is 1. The zero-order chi connectivity index (χ0) is 42.6. The second-order valence-corrected chi connectivity index (χ2v) is 16.1. The van der Waals surface area contributed by atoms with Gasteiger partial charge in [0.1, 0.15) is 24.7 Å². The second-order valence-electron chi connectivity index (χ2n) is 14.0. The van der Waals surface area contributed by atoms with Crippen molar-refractivity contribution in [3.63, 3.8) is 0 Å². The summed E-state index contributed by atoms with van der Waals surface area (Å²) >= 11 is 3.37. The van der Waals surface area contributed by atoms with E-state index in [4.69, 9.17) is 49.1 Å². The summed E-state index contributed by atoms with van der Waals surface area (Å²) in [6, 6.07) is 33.1. The lowest BCUT2D eigenvalue weighted by atomic mass is 9.94. The first-order valence-corrected chi connectivity index (χ1v) is 21.0. The van der Waals surface area contributed by atoms with Crippen LogP contribution in [-0.4, -0.2) is 112 Å². The molecule has 2 fully saturated rings. The molecule has 0 atom stereocenters. The molecule has 2 aromatic heterocycles. The minimum atomic E-state index is -1.82. The Hall–Kier alpha value is -6.13. The third kappa shape index (κ3) is 11.1. The average Bonchev–Trinajstić information content (AvgIpc) is 4.09. The van der Waals surface area contributed by atoms with E-state index in [1.54, 1.807) is 22.7 Å². The van der Waals surface area contributed by atoms with Crippen molar-refractivity contribution in [1.82, 2.24) is 9.80 Å². The summed E-state index contributed by atoms with van der Waals surface area (Å²) < 4.78 is 14.4. The third-order valence-corrected chi connectivity index (χ3v) is 12.4. The van der Waals surface area contributed by atoms with E-state index in [1.165, 1.54) is 51.9 Å². The summed E-state index contributed by atoms with van der Waals surface area (Å²) in [5.74, 6) is -5.51. The molecule has 0 radical (unpaired) electrons. The van der Waals surface area contributed by atoms with E-state index in [0.29, 0.717) is 13.2 Å². The van der Waals surface area contributed by atoms with Crippen molar-refractivity contribution in [3.05, 3.63) is 108 Å². The van der Waals surface area contributed by atoms with Crippen LogP contribution in [0.25, 0.3) is 41.1 Å². The molecule has 0 spiro atoms. The fraction of sp³-hybridized carbons (Fsp3) is 0.267. The third-order valence-electron chi connectivity index (χ3n) is 9.99. The number of benzene rings is 4. The van der Waals surface area contributed by atoms with Gasteiger partial charge in [-0.25, -0.2) is 19.2 Å². The van der Waals surface area contributed by atoms with Gasteiger partial charge in [-0.1, -0.05) is 36.4 Å². The number of ether oxygens (including phenoxy) is 2. The van der Waals surface area contributed by atoms with Gasteiger partial charge in [-0.2, -0.15) is 0 Å².